The third-order valence-corrected chi connectivity index (χ3v) is 3.49. The molecule has 0 unspecified atom stereocenters. The molecule has 0 aliphatic heterocycles. The van der Waals surface area contributed by atoms with Crippen molar-refractivity contribution in [3.05, 3.63) is 35.1 Å². The molecule has 0 fully saturated rings. The zero-order chi connectivity index (χ0) is 14.7. The maximum atomic E-state index is 13.6. The van der Waals surface area contributed by atoms with Gasteiger partial charge in [0.15, 0.2) is 0 Å². The molecule has 1 nitrogen and oxygen atoms in total. The van der Waals surface area contributed by atoms with Crippen molar-refractivity contribution < 1.29 is 17.6 Å². The highest BCUT2D eigenvalue weighted by molar-refractivity contribution is 5.29. The van der Waals surface area contributed by atoms with Crippen LogP contribution in [0.1, 0.15) is 37.8 Å². The highest BCUT2D eigenvalue weighted by atomic mass is 19.4. The van der Waals surface area contributed by atoms with Crippen LogP contribution in [0.25, 0.3) is 0 Å². The molecular formula is C14H15F4N. The van der Waals surface area contributed by atoms with Crippen LogP contribution in [0.2, 0.25) is 0 Å². The fourth-order valence-corrected chi connectivity index (χ4v) is 1.95. The van der Waals surface area contributed by atoms with E-state index in [0.717, 1.165) is 12.1 Å². The van der Waals surface area contributed by atoms with Gasteiger partial charge in [-0.3, -0.25) is 0 Å². The van der Waals surface area contributed by atoms with Crippen LogP contribution in [0.3, 0.4) is 0 Å². The van der Waals surface area contributed by atoms with Gasteiger partial charge in [-0.25, -0.2) is 4.39 Å². The first-order chi connectivity index (χ1) is 8.78. The minimum absolute atomic E-state index is 0.00769. The smallest absolute Gasteiger partial charge is 0.207 e. The molecule has 0 atom stereocenters. The highest BCUT2D eigenvalue weighted by Crippen LogP contribution is 2.34. The Morgan fingerprint density at radius 2 is 1.74 bits per heavy atom. The van der Waals surface area contributed by atoms with Crippen molar-refractivity contribution in [3.8, 4) is 6.07 Å². The van der Waals surface area contributed by atoms with E-state index in [1.165, 1.54) is 0 Å². The Balaban J connectivity index is 3.18. The predicted octanol–water partition coefficient (Wildman–Crippen LogP) is 4.72. The van der Waals surface area contributed by atoms with Crippen LogP contribution in [0.15, 0.2) is 18.2 Å². The van der Waals surface area contributed by atoms with Gasteiger partial charge in [-0.05, 0) is 43.0 Å². The number of nitrogens with zero attached hydrogens (tertiary/aromatic N) is 1. The van der Waals surface area contributed by atoms with Gasteiger partial charge in [-0.1, -0.05) is 13.8 Å². The molecule has 0 saturated heterocycles. The van der Waals surface area contributed by atoms with Gasteiger partial charge in [0.2, 0.25) is 0 Å². The molecule has 0 radical (unpaired) electrons. The Kier molecular flexibility index (Phi) is 4.56. The molecule has 0 amide bonds. The molecule has 1 aromatic carbocycles. The predicted molar refractivity (Wildman–Crippen MR) is 63.7 cm³/mol. The lowest BCUT2D eigenvalue weighted by atomic mass is 9.78. The Hall–Kier alpha value is -1.57. The second-order valence-electron chi connectivity index (χ2n) is 4.58. The summed E-state index contributed by atoms with van der Waals surface area (Å²) in [6, 6.07) is 4.42. The lowest BCUT2D eigenvalue weighted by Gasteiger charge is -2.24. The van der Waals surface area contributed by atoms with Crippen molar-refractivity contribution in [2.24, 2.45) is 5.41 Å². The third-order valence-electron chi connectivity index (χ3n) is 3.49. The standard InChI is InChI=1S/C14H15F4N/c1-3-13(4-2,9-19)8-10-7-11(14(16,17)18)5-6-12(10)15/h5-7H,3-4,8H2,1-2H3. The summed E-state index contributed by atoms with van der Waals surface area (Å²) < 4.78 is 51.4. The van der Waals surface area contributed by atoms with E-state index in [2.05, 4.69) is 6.07 Å². The molecule has 5 heteroatoms. The normalized spacial score (nSPS) is 12.3. The van der Waals surface area contributed by atoms with Gasteiger partial charge in [0.1, 0.15) is 5.82 Å². The minimum atomic E-state index is -4.50. The van der Waals surface area contributed by atoms with E-state index in [4.69, 9.17) is 5.26 Å². The summed E-state index contributed by atoms with van der Waals surface area (Å²) in [5.74, 6) is -0.700. The molecule has 1 rings (SSSR count). The van der Waals surface area contributed by atoms with Crippen LogP contribution in [-0.2, 0) is 12.6 Å². The summed E-state index contributed by atoms with van der Waals surface area (Å²) in [4.78, 5) is 0. The molecule has 0 heterocycles. The quantitative estimate of drug-likeness (QED) is 0.728. The Labute approximate surface area is 109 Å². The molecule has 0 saturated carbocycles. The SMILES string of the molecule is CCC(C#N)(CC)Cc1cc(C(F)(F)F)ccc1F. The Morgan fingerprint density at radius 3 is 2.16 bits per heavy atom. The van der Waals surface area contributed by atoms with Crippen molar-refractivity contribution >= 4 is 0 Å². The van der Waals surface area contributed by atoms with Gasteiger partial charge in [0.05, 0.1) is 17.0 Å². The lowest BCUT2D eigenvalue weighted by molar-refractivity contribution is -0.137. The molecular weight excluding hydrogens is 258 g/mol. The number of alkyl halides is 3. The van der Waals surface area contributed by atoms with Crippen molar-refractivity contribution in [2.75, 3.05) is 0 Å². The first-order valence-corrected chi connectivity index (χ1v) is 6.05. The number of hydrogen-bond acceptors (Lipinski definition) is 1. The summed E-state index contributed by atoms with van der Waals surface area (Å²) in [6.45, 7) is 3.55. The van der Waals surface area contributed by atoms with Crippen LogP contribution in [0, 0.1) is 22.6 Å². The number of nitriles is 1. The zero-order valence-corrected chi connectivity index (χ0v) is 10.8. The van der Waals surface area contributed by atoms with Gasteiger partial charge in [-0.15, -0.1) is 0 Å². The summed E-state index contributed by atoms with van der Waals surface area (Å²) in [5.41, 5.74) is -1.76. The van der Waals surface area contributed by atoms with Crippen molar-refractivity contribution in [1.29, 1.82) is 5.26 Å². The molecule has 19 heavy (non-hydrogen) atoms. The van der Waals surface area contributed by atoms with Crippen molar-refractivity contribution in [2.45, 2.75) is 39.3 Å². The van der Waals surface area contributed by atoms with Gasteiger partial charge < -0.3 is 0 Å². The topological polar surface area (TPSA) is 23.8 Å². The van der Waals surface area contributed by atoms with E-state index in [0.29, 0.717) is 18.9 Å². The Bertz CT molecular complexity index is 481. The van der Waals surface area contributed by atoms with Crippen LogP contribution in [0.4, 0.5) is 17.6 Å². The molecule has 0 bridgehead atoms. The van der Waals surface area contributed by atoms with Crippen molar-refractivity contribution in [3.63, 3.8) is 0 Å². The minimum Gasteiger partial charge on any atom is -0.207 e. The van der Waals surface area contributed by atoms with Crippen LogP contribution in [0.5, 0.6) is 0 Å². The summed E-state index contributed by atoms with van der Waals surface area (Å²) in [6.07, 6.45) is -3.58. The monoisotopic (exact) mass is 273 g/mol. The van der Waals surface area contributed by atoms with E-state index in [1.807, 2.05) is 0 Å². The van der Waals surface area contributed by atoms with E-state index in [1.54, 1.807) is 13.8 Å². The van der Waals surface area contributed by atoms with Gasteiger partial charge in [-0.2, -0.15) is 18.4 Å². The maximum Gasteiger partial charge on any atom is 0.416 e. The summed E-state index contributed by atoms with van der Waals surface area (Å²) >= 11 is 0. The average Bonchev–Trinajstić information content (AvgIpc) is 2.37. The largest absolute Gasteiger partial charge is 0.416 e. The number of benzene rings is 1. The van der Waals surface area contributed by atoms with Gasteiger partial charge in [0, 0.05) is 0 Å². The first-order valence-electron chi connectivity index (χ1n) is 6.05. The second-order valence-corrected chi connectivity index (χ2v) is 4.58. The van der Waals surface area contributed by atoms with E-state index in [9.17, 15) is 17.6 Å². The van der Waals surface area contributed by atoms with E-state index >= 15 is 0 Å². The molecule has 0 spiro atoms. The lowest BCUT2D eigenvalue weighted by Crippen LogP contribution is -2.21. The zero-order valence-electron chi connectivity index (χ0n) is 10.8. The average molecular weight is 273 g/mol. The molecule has 0 aromatic heterocycles. The fourth-order valence-electron chi connectivity index (χ4n) is 1.95. The maximum absolute atomic E-state index is 13.6. The highest BCUT2D eigenvalue weighted by Gasteiger charge is 2.33. The second kappa shape index (κ2) is 5.60. The number of rotatable bonds is 4. The third kappa shape index (κ3) is 3.46. The first kappa shape index (κ1) is 15.5. The number of hydrogen-bond donors (Lipinski definition) is 0. The summed E-state index contributed by atoms with van der Waals surface area (Å²) in [5, 5.41) is 9.16. The summed E-state index contributed by atoms with van der Waals surface area (Å²) in [7, 11) is 0. The molecule has 0 N–H and O–H groups in total. The molecule has 0 aliphatic carbocycles. The van der Waals surface area contributed by atoms with E-state index < -0.39 is 23.0 Å². The fraction of sp³-hybridized carbons (Fsp3) is 0.500. The number of halogens is 4. The van der Waals surface area contributed by atoms with Gasteiger partial charge >= 0.3 is 6.18 Å². The van der Waals surface area contributed by atoms with Crippen LogP contribution in [-0.4, -0.2) is 0 Å². The van der Waals surface area contributed by atoms with E-state index in [-0.39, 0.29) is 12.0 Å². The molecule has 1 aromatic rings. The van der Waals surface area contributed by atoms with Crippen LogP contribution >= 0.6 is 0 Å². The van der Waals surface area contributed by atoms with Gasteiger partial charge in [0.25, 0.3) is 0 Å². The van der Waals surface area contributed by atoms with Crippen molar-refractivity contribution in [1.82, 2.24) is 0 Å². The molecule has 104 valence electrons. The van der Waals surface area contributed by atoms with Crippen LogP contribution < -0.4 is 0 Å². The molecule has 0 aliphatic rings. The Morgan fingerprint density at radius 1 is 1.16 bits per heavy atom.